The van der Waals surface area contributed by atoms with Crippen LogP contribution >= 0.6 is 0 Å². The van der Waals surface area contributed by atoms with Gasteiger partial charge in [-0.2, -0.15) is 0 Å². The van der Waals surface area contributed by atoms with Crippen LogP contribution < -0.4 is 5.32 Å². The molecule has 1 aliphatic carbocycles. The van der Waals surface area contributed by atoms with Crippen LogP contribution in [-0.4, -0.2) is 22.8 Å². The standard InChI is InChI=1S/C15H19N3O/c1-11-4-6-12(7-5-11)15-18-17-14(19-15)3-2-10-16-13-8-9-13/h4-7,13,16H,2-3,8-10H2,1H3. The number of aromatic nitrogens is 2. The van der Waals surface area contributed by atoms with Crippen molar-refractivity contribution < 1.29 is 4.42 Å². The second kappa shape index (κ2) is 5.53. The summed E-state index contributed by atoms with van der Waals surface area (Å²) in [5.74, 6) is 1.35. The molecule has 2 aromatic rings. The molecule has 100 valence electrons. The van der Waals surface area contributed by atoms with Gasteiger partial charge in [-0.1, -0.05) is 17.7 Å². The summed E-state index contributed by atoms with van der Waals surface area (Å²) in [7, 11) is 0. The third kappa shape index (κ3) is 3.41. The van der Waals surface area contributed by atoms with E-state index in [1.807, 2.05) is 12.1 Å². The fourth-order valence-electron chi connectivity index (χ4n) is 2.00. The Labute approximate surface area is 113 Å². The Morgan fingerprint density at radius 2 is 2.00 bits per heavy atom. The van der Waals surface area contributed by atoms with E-state index >= 15 is 0 Å². The van der Waals surface area contributed by atoms with E-state index in [2.05, 4.69) is 34.6 Å². The van der Waals surface area contributed by atoms with Gasteiger partial charge in [0.1, 0.15) is 0 Å². The van der Waals surface area contributed by atoms with Crippen LogP contribution in [0.5, 0.6) is 0 Å². The summed E-state index contributed by atoms with van der Waals surface area (Å²) < 4.78 is 5.68. The van der Waals surface area contributed by atoms with Crippen molar-refractivity contribution in [2.75, 3.05) is 6.54 Å². The van der Waals surface area contributed by atoms with E-state index < -0.39 is 0 Å². The van der Waals surface area contributed by atoms with Crippen molar-refractivity contribution in [3.05, 3.63) is 35.7 Å². The molecule has 0 radical (unpaired) electrons. The number of nitrogens with one attached hydrogen (secondary N) is 1. The van der Waals surface area contributed by atoms with Gasteiger partial charge in [0.15, 0.2) is 0 Å². The maximum Gasteiger partial charge on any atom is 0.247 e. The van der Waals surface area contributed by atoms with Crippen molar-refractivity contribution in [3.8, 4) is 11.5 Å². The van der Waals surface area contributed by atoms with Crippen LogP contribution in [0.4, 0.5) is 0 Å². The van der Waals surface area contributed by atoms with Crippen LogP contribution in [0, 0.1) is 6.92 Å². The predicted molar refractivity (Wildman–Crippen MR) is 73.8 cm³/mol. The molecule has 1 aliphatic rings. The summed E-state index contributed by atoms with van der Waals surface area (Å²) in [4.78, 5) is 0. The van der Waals surface area contributed by atoms with Gasteiger partial charge in [-0.15, -0.1) is 10.2 Å². The minimum absolute atomic E-state index is 0.616. The molecule has 0 spiro atoms. The Morgan fingerprint density at radius 3 is 2.74 bits per heavy atom. The van der Waals surface area contributed by atoms with Gasteiger partial charge in [0.25, 0.3) is 0 Å². The van der Waals surface area contributed by atoms with Gasteiger partial charge < -0.3 is 9.73 Å². The van der Waals surface area contributed by atoms with Crippen LogP contribution in [0.25, 0.3) is 11.5 Å². The van der Waals surface area contributed by atoms with E-state index in [0.717, 1.165) is 36.9 Å². The highest BCUT2D eigenvalue weighted by Crippen LogP contribution is 2.20. The molecule has 0 unspecified atom stereocenters. The first-order chi connectivity index (χ1) is 9.31. The zero-order valence-corrected chi connectivity index (χ0v) is 11.2. The summed E-state index contributed by atoms with van der Waals surface area (Å²) in [6.45, 7) is 3.10. The lowest BCUT2D eigenvalue weighted by molar-refractivity contribution is 0.491. The minimum atomic E-state index is 0.616. The molecule has 4 heteroatoms. The number of hydrogen-bond donors (Lipinski definition) is 1. The van der Waals surface area contributed by atoms with E-state index in [0.29, 0.717) is 5.89 Å². The first-order valence-corrected chi connectivity index (χ1v) is 6.94. The molecule has 1 aromatic heterocycles. The first kappa shape index (κ1) is 12.4. The number of nitrogens with zero attached hydrogens (tertiary/aromatic N) is 2. The van der Waals surface area contributed by atoms with Gasteiger partial charge in [0, 0.05) is 18.0 Å². The third-order valence-electron chi connectivity index (χ3n) is 3.34. The summed E-state index contributed by atoms with van der Waals surface area (Å²) in [5.41, 5.74) is 2.22. The number of aryl methyl sites for hydroxylation is 2. The second-order valence-corrected chi connectivity index (χ2v) is 5.20. The highest BCUT2D eigenvalue weighted by Gasteiger charge is 2.19. The number of benzene rings is 1. The molecule has 0 atom stereocenters. The lowest BCUT2D eigenvalue weighted by Gasteiger charge is -1.99. The molecule has 1 fully saturated rings. The Bertz CT molecular complexity index is 529. The summed E-state index contributed by atoms with van der Waals surface area (Å²) in [6, 6.07) is 8.91. The van der Waals surface area contributed by atoms with Crippen molar-refractivity contribution in [3.63, 3.8) is 0 Å². The average molecular weight is 257 g/mol. The molecule has 0 aliphatic heterocycles. The van der Waals surface area contributed by atoms with Crippen LogP contribution in [0.1, 0.15) is 30.7 Å². The normalized spacial score (nSPS) is 14.8. The zero-order valence-electron chi connectivity index (χ0n) is 11.2. The van der Waals surface area contributed by atoms with Crippen LogP contribution in [-0.2, 0) is 6.42 Å². The highest BCUT2D eigenvalue weighted by molar-refractivity contribution is 5.52. The van der Waals surface area contributed by atoms with Gasteiger partial charge >= 0.3 is 0 Å². The van der Waals surface area contributed by atoms with Gasteiger partial charge in [-0.05, 0) is 44.9 Å². The fourth-order valence-corrected chi connectivity index (χ4v) is 2.00. The lowest BCUT2D eigenvalue weighted by Crippen LogP contribution is -2.17. The second-order valence-electron chi connectivity index (χ2n) is 5.20. The van der Waals surface area contributed by atoms with E-state index in [1.165, 1.54) is 18.4 Å². The SMILES string of the molecule is Cc1ccc(-c2nnc(CCCNC3CC3)o2)cc1. The largest absolute Gasteiger partial charge is 0.421 e. The Balaban J connectivity index is 1.54. The van der Waals surface area contributed by atoms with E-state index in [9.17, 15) is 0 Å². The fraction of sp³-hybridized carbons (Fsp3) is 0.467. The van der Waals surface area contributed by atoms with Crippen LogP contribution in [0.2, 0.25) is 0 Å². The quantitative estimate of drug-likeness (QED) is 0.808. The maximum atomic E-state index is 5.68. The van der Waals surface area contributed by atoms with Gasteiger partial charge in [0.2, 0.25) is 11.8 Å². The van der Waals surface area contributed by atoms with E-state index in [4.69, 9.17) is 4.42 Å². The highest BCUT2D eigenvalue weighted by atomic mass is 16.4. The molecule has 1 heterocycles. The Morgan fingerprint density at radius 1 is 1.21 bits per heavy atom. The lowest BCUT2D eigenvalue weighted by atomic mass is 10.1. The Hall–Kier alpha value is -1.68. The summed E-state index contributed by atoms with van der Waals surface area (Å²) >= 11 is 0. The predicted octanol–water partition coefficient (Wildman–Crippen LogP) is 2.73. The number of hydrogen-bond acceptors (Lipinski definition) is 4. The summed E-state index contributed by atoms with van der Waals surface area (Å²) in [5, 5.41) is 11.7. The van der Waals surface area contributed by atoms with Gasteiger partial charge in [0.05, 0.1) is 0 Å². The molecule has 1 aromatic carbocycles. The molecule has 3 rings (SSSR count). The van der Waals surface area contributed by atoms with Crippen molar-refractivity contribution in [1.82, 2.24) is 15.5 Å². The topological polar surface area (TPSA) is 51.0 Å². The third-order valence-corrected chi connectivity index (χ3v) is 3.34. The molecule has 0 saturated heterocycles. The summed E-state index contributed by atoms with van der Waals surface area (Å²) in [6.07, 6.45) is 4.56. The van der Waals surface area contributed by atoms with Gasteiger partial charge in [-0.25, -0.2) is 0 Å². The monoisotopic (exact) mass is 257 g/mol. The molecule has 4 nitrogen and oxygen atoms in total. The van der Waals surface area contributed by atoms with Crippen molar-refractivity contribution in [1.29, 1.82) is 0 Å². The molecule has 1 N–H and O–H groups in total. The minimum Gasteiger partial charge on any atom is -0.421 e. The van der Waals surface area contributed by atoms with Crippen LogP contribution in [0.15, 0.2) is 28.7 Å². The molecule has 1 saturated carbocycles. The molecule has 0 amide bonds. The maximum absolute atomic E-state index is 5.68. The van der Waals surface area contributed by atoms with Crippen molar-refractivity contribution >= 4 is 0 Å². The molecular weight excluding hydrogens is 238 g/mol. The molecular formula is C15H19N3O. The first-order valence-electron chi connectivity index (χ1n) is 6.94. The van der Waals surface area contributed by atoms with Crippen molar-refractivity contribution in [2.45, 2.75) is 38.6 Å². The van der Waals surface area contributed by atoms with Gasteiger partial charge in [-0.3, -0.25) is 0 Å². The Kier molecular flexibility index (Phi) is 3.60. The smallest absolute Gasteiger partial charge is 0.247 e. The van der Waals surface area contributed by atoms with Crippen molar-refractivity contribution in [2.24, 2.45) is 0 Å². The molecule has 19 heavy (non-hydrogen) atoms. The average Bonchev–Trinajstić information content (AvgIpc) is 3.13. The molecule has 0 bridgehead atoms. The van der Waals surface area contributed by atoms with E-state index in [1.54, 1.807) is 0 Å². The number of rotatable bonds is 6. The zero-order chi connectivity index (χ0) is 13.1. The van der Waals surface area contributed by atoms with Crippen LogP contribution in [0.3, 0.4) is 0 Å². The van der Waals surface area contributed by atoms with E-state index in [-0.39, 0.29) is 0 Å².